The van der Waals surface area contributed by atoms with E-state index in [1.807, 2.05) is 0 Å². The molecule has 3 aromatic heterocycles. The summed E-state index contributed by atoms with van der Waals surface area (Å²) in [5, 5.41) is 13.1. The van der Waals surface area contributed by atoms with Crippen LogP contribution in [0, 0.1) is 5.82 Å². The molecule has 0 spiro atoms. The van der Waals surface area contributed by atoms with Crippen LogP contribution in [-0.4, -0.2) is 30.8 Å². The van der Waals surface area contributed by atoms with Crippen molar-refractivity contribution >= 4 is 5.97 Å². The molecule has 0 radical (unpaired) electrons. The number of carboxylic acids is 1. The highest BCUT2D eigenvalue weighted by Crippen LogP contribution is 2.22. The first-order chi connectivity index (χ1) is 10.1. The standard InChI is InChI=1S/C14H9FN4O2/c15-9-3-4-11(17-7-9)13-6-12(14(20)21)18-19(13)10-2-1-5-16-8-10/h1-8H,(H,20,21). The van der Waals surface area contributed by atoms with Gasteiger partial charge in [0, 0.05) is 12.3 Å². The molecule has 21 heavy (non-hydrogen) atoms. The lowest BCUT2D eigenvalue weighted by atomic mass is 10.2. The second kappa shape index (κ2) is 5.12. The van der Waals surface area contributed by atoms with Gasteiger partial charge in [0.25, 0.3) is 0 Å². The number of nitrogens with zero attached hydrogens (tertiary/aromatic N) is 4. The Labute approximate surface area is 118 Å². The zero-order valence-electron chi connectivity index (χ0n) is 10.6. The van der Waals surface area contributed by atoms with Crippen molar-refractivity contribution in [3.05, 3.63) is 60.4 Å². The minimum atomic E-state index is -1.15. The fraction of sp³-hybridized carbons (Fsp3) is 0. The van der Waals surface area contributed by atoms with Crippen LogP contribution in [0.15, 0.2) is 48.9 Å². The number of carboxylic acid groups (broad SMARTS) is 1. The van der Waals surface area contributed by atoms with Gasteiger partial charge in [-0.05, 0) is 24.3 Å². The van der Waals surface area contributed by atoms with E-state index in [1.165, 1.54) is 22.9 Å². The molecule has 0 saturated heterocycles. The molecule has 1 N–H and O–H groups in total. The fourth-order valence-corrected chi connectivity index (χ4v) is 1.87. The van der Waals surface area contributed by atoms with Crippen LogP contribution in [0.5, 0.6) is 0 Å². The first kappa shape index (κ1) is 12.9. The van der Waals surface area contributed by atoms with Crippen LogP contribution < -0.4 is 0 Å². The van der Waals surface area contributed by atoms with E-state index in [2.05, 4.69) is 15.1 Å². The van der Waals surface area contributed by atoms with E-state index in [0.29, 0.717) is 17.1 Å². The SMILES string of the molecule is O=C(O)c1cc(-c2ccc(F)cn2)n(-c2cccnc2)n1. The van der Waals surface area contributed by atoms with Crippen LogP contribution in [0.4, 0.5) is 4.39 Å². The summed E-state index contributed by atoms with van der Waals surface area (Å²) in [6, 6.07) is 7.54. The Bertz CT molecular complexity index is 784. The second-order valence-corrected chi connectivity index (χ2v) is 4.20. The molecule has 0 aliphatic rings. The number of hydrogen-bond acceptors (Lipinski definition) is 4. The third kappa shape index (κ3) is 2.48. The molecule has 0 amide bonds. The number of halogens is 1. The van der Waals surface area contributed by atoms with Crippen molar-refractivity contribution in [3.8, 4) is 17.1 Å². The maximum atomic E-state index is 13.0. The summed E-state index contributed by atoms with van der Waals surface area (Å²) in [6.45, 7) is 0. The average molecular weight is 284 g/mol. The largest absolute Gasteiger partial charge is 0.476 e. The summed E-state index contributed by atoms with van der Waals surface area (Å²) in [5.41, 5.74) is 1.33. The van der Waals surface area contributed by atoms with Crippen molar-refractivity contribution < 1.29 is 14.3 Å². The van der Waals surface area contributed by atoms with Gasteiger partial charge < -0.3 is 5.11 Å². The number of carbonyl (C=O) groups is 1. The molecule has 3 heterocycles. The number of aromatic nitrogens is 4. The Hall–Kier alpha value is -3.09. The number of hydrogen-bond donors (Lipinski definition) is 1. The van der Waals surface area contributed by atoms with Crippen LogP contribution in [0.25, 0.3) is 17.1 Å². The van der Waals surface area contributed by atoms with Gasteiger partial charge in [0.15, 0.2) is 5.69 Å². The Morgan fingerprint density at radius 1 is 1.24 bits per heavy atom. The Kier molecular flexibility index (Phi) is 3.15. The fourth-order valence-electron chi connectivity index (χ4n) is 1.87. The van der Waals surface area contributed by atoms with Gasteiger partial charge in [-0.3, -0.25) is 9.97 Å². The highest BCUT2D eigenvalue weighted by atomic mass is 19.1. The van der Waals surface area contributed by atoms with E-state index >= 15 is 0 Å². The minimum absolute atomic E-state index is 0.125. The molecule has 0 atom stereocenters. The number of pyridine rings is 2. The molecule has 0 aliphatic carbocycles. The van der Waals surface area contributed by atoms with Gasteiger partial charge in [-0.25, -0.2) is 13.9 Å². The average Bonchev–Trinajstić information content (AvgIpc) is 2.94. The zero-order valence-corrected chi connectivity index (χ0v) is 10.6. The lowest BCUT2D eigenvalue weighted by molar-refractivity contribution is 0.0690. The van der Waals surface area contributed by atoms with E-state index < -0.39 is 11.8 Å². The van der Waals surface area contributed by atoms with Gasteiger partial charge in [0.05, 0.1) is 29.5 Å². The molecule has 3 aromatic rings. The van der Waals surface area contributed by atoms with E-state index in [1.54, 1.807) is 24.5 Å². The van der Waals surface area contributed by atoms with Crippen molar-refractivity contribution in [1.29, 1.82) is 0 Å². The molecule has 0 bridgehead atoms. The minimum Gasteiger partial charge on any atom is -0.476 e. The molecule has 7 heteroatoms. The zero-order chi connectivity index (χ0) is 14.8. The van der Waals surface area contributed by atoms with Crippen molar-refractivity contribution in [2.75, 3.05) is 0 Å². The van der Waals surface area contributed by atoms with Crippen LogP contribution in [-0.2, 0) is 0 Å². The van der Waals surface area contributed by atoms with E-state index in [9.17, 15) is 9.18 Å². The summed E-state index contributed by atoms with van der Waals surface area (Å²) in [6.07, 6.45) is 4.21. The summed E-state index contributed by atoms with van der Waals surface area (Å²) in [4.78, 5) is 19.0. The summed E-state index contributed by atoms with van der Waals surface area (Å²) >= 11 is 0. The quantitative estimate of drug-likeness (QED) is 0.797. The van der Waals surface area contributed by atoms with Crippen molar-refractivity contribution in [2.24, 2.45) is 0 Å². The van der Waals surface area contributed by atoms with Gasteiger partial charge in [-0.15, -0.1) is 0 Å². The lowest BCUT2D eigenvalue weighted by Crippen LogP contribution is -2.03. The van der Waals surface area contributed by atoms with Crippen molar-refractivity contribution in [1.82, 2.24) is 19.7 Å². The highest BCUT2D eigenvalue weighted by molar-refractivity contribution is 5.87. The van der Waals surface area contributed by atoms with E-state index in [0.717, 1.165) is 6.20 Å². The van der Waals surface area contributed by atoms with Crippen LogP contribution in [0.2, 0.25) is 0 Å². The molecule has 0 unspecified atom stereocenters. The monoisotopic (exact) mass is 284 g/mol. The van der Waals surface area contributed by atoms with E-state index in [4.69, 9.17) is 5.11 Å². The van der Waals surface area contributed by atoms with Crippen LogP contribution in [0.3, 0.4) is 0 Å². The van der Waals surface area contributed by atoms with Gasteiger partial charge in [-0.1, -0.05) is 0 Å². The summed E-state index contributed by atoms with van der Waals surface area (Å²) in [7, 11) is 0. The topological polar surface area (TPSA) is 80.9 Å². The Morgan fingerprint density at radius 3 is 2.71 bits per heavy atom. The normalized spacial score (nSPS) is 10.5. The molecule has 104 valence electrons. The molecule has 0 fully saturated rings. The van der Waals surface area contributed by atoms with Crippen molar-refractivity contribution in [2.45, 2.75) is 0 Å². The smallest absolute Gasteiger partial charge is 0.356 e. The van der Waals surface area contributed by atoms with Gasteiger partial charge in [-0.2, -0.15) is 5.10 Å². The predicted molar refractivity (Wildman–Crippen MR) is 71.5 cm³/mol. The first-order valence-electron chi connectivity index (χ1n) is 6.01. The molecule has 3 rings (SSSR count). The maximum Gasteiger partial charge on any atom is 0.356 e. The van der Waals surface area contributed by atoms with Gasteiger partial charge >= 0.3 is 5.97 Å². The lowest BCUT2D eigenvalue weighted by Gasteiger charge is -2.05. The predicted octanol–water partition coefficient (Wildman–Crippen LogP) is 2.17. The van der Waals surface area contributed by atoms with Crippen molar-refractivity contribution in [3.63, 3.8) is 0 Å². The highest BCUT2D eigenvalue weighted by Gasteiger charge is 2.16. The number of aromatic carboxylic acids is 1. The third-order valence-electron chi connectivity index (χ3n) is 2.81. The Balaban J connectivity index is 2.19. The molecule has 0 saturated carbocycles. The third-order valence-corrected chi connectivity index (χ3v) is 2.81. The number of rotatable bonds is 3. The van der Waals surface area contributed by atoms with Gasteiger partial charge in [0.2, 0.25) is 0 Å². The molecule has 6 nitrogen and oxygen atoms in total. The van der Waals surface area contributed by atoms with E-state index in [-0.39, 0.29) is 5.69 Å². The maximum absolute atomic E-state index is 13.0. The molecular weight excluding hydrogens is 275 g/mol. The molecule has 0 aromatic carbocycles. The first-order valence-corrected chi connectivity index (χ1v) is 6.01. The van der Waals surface area contributed by atoms with Crippen LogP contribution in [0.1, 0.15) is 10.5 Å². The van der Waals surface area contributed by atoms with Gasteiger partial charge in [0.1, 0.15) is 5.82 Å². The molecule has 0 aliphatic heterocycles. The summed E-state index contributed by atoms with van der Waals surface area (Å²) < 4.78 is 14.4. The Morgan fingerprint density at radius 2 is 2.10 bits per heavy atom. The summed E-state index contributed by atoms with van der Waals surface area (Å²) in [5.74, 6) is -1.62. The molecular formula is C14H9FN4O2. The van der Waals surface area contributed by atoms with Crippen LogP contribution >= 0.6 is 0 Å². The second-order valence-electron chi connectivity index (χ2n) is 4.20.